The minimum atomic E-state index is -3.58. The molecule has 0 radical (unpaired) electrons. The molecule has 1 rings (SSSR count). The molecule has 0 saturated carbocycles. The van der Waals surface area contributed by atoms with Crippen LogP contribution in [-0.2, 0) is 9.84 Å². The van der Waals surface area contributed by atoms with Gasteiger partial charge >= 0.3 is 6.43 Å². The van der Waals surface area contributed by atoms with Gasteiger partial charge in [-0.25, -0.2) is 27.2 Å². The van der Waals surface area contributed by atoms with Crippen molar-refractivity contribution in [1.82, 2.24) is 9.97 Å². The topological polar surface area (TPSA) is 69.2 Å². The smallest absolute Gasteiger partial charge is 0.304 e. The quantitative estimate of drug-likeness (QED) is 0.746. The van der Waals surface area contributed by atoms with Crippen molar-refractivity contribution < 1.29 is 26.3 Å². The van der Waals surface area contributed by atoms with Gasteiger partial charge in [0.2, 0.25) is 15.0 Å². The van der Waals surface area contributed by atoms with E-state index in [1.165, 1.54) is 0 Å². The predicted molar refractivity (Wildman–Crippen MR) is 46.7 cm³/mol. The van der Waals surface area contributed by atoms with E-state index in [1.54, 1.807) is 0 Å². The van der Waals surface area contributed by atoms with Gasteiger partial charge < -0.3 is 4.74 Å². The molecule has 1 atom stereocenters. The van der Waals surface area contributed by atoms with E-state index in [2.05, 4.69) is 14.7 Å². The van der Waals surface area contributed by atoms with Gasteiger partial charge in [-0.15, -0.1) is 0 Å². The zero-order chi connectivity index (χ0) is 12.3. The normalized spacial score (nSPS) is 13.8. The van der Waals surface area contributed by atoms with Crippen molar-refractivity contribution in [2.24, 2.45) is 0 Å². The lowest BCUT2D eigenvalue weighted by molar-refractivity contribution is -0.0672. The van der Waals surface area contributed by atoms with Crippen LogP contribution in [0.3, 0.4) is 0 Å². The lowest BCUT2D eigenvalue weighted by atomic mass is 10.6. The molecule has 0 aliphatic rings. The van der Waals surface area contributed by atoms with E-state index < -0.39 is 27.8 Å². The van der Waals surface area contributed by atoms with Crippen LogP contribution in [0, 0.1) is 0 Å². The third-order valence-corrected chi connectivity index (χ3v) is 2.26. The first-order valence-corrected chi connectivity index (χ1v) is 5.81. The summed E-state index contributed by atoms with van der Waals surface area (Å²) in [5, 5.41) is -0.493. The Morgan fingerprint density at radius 1 is 1.25 bits per heavy atom. The monoisotopic (exact) mass is 256 g/mol. The number of rotatable bonds is 4. The number of halogens is 3. The van der Waals surface area contributed by atoms with Crippen LogP contribution in [0.5, 0.6) is 5.75 Å². The highest BCUT2D eigenvalue weighted by Gasteiger charge is 2.21. The minimum Gasteiger partial charge on any atom is -0.451 e. The van der Waals surface area contributed by atoms with Gasteiger partial charge in [0, 0.05) is 6.26 Å². The highest BCUT2D eigenvalue weighted by molar-refractivity contribution is 7.90. The Morgan fingerprint density at radius 3 is 2.12 bits per heavy atom. The fourth-order valence-corrected chi connectivity index (χ4v) is 1.23. The SMILES string of the molecule is CS(=O)(=O)c1ncc(OC(F)C(F)F)cn1. The van der Waals surface area contributed by atoms with Crippen molar-refractivity contribution in [3.63, 3.8) is 0 Å². The molecule has 0 amide bonds. The number of hydrogen-bond acceptors (Lipinski definition) is 5. The summed E-state index contributed by atoms with van der Waals surface area (Å²) in [6.45, 7) is 0. The van der Waals surface area contributed by atoms with Crippen LogP contribution >= 0.6 is 0 Å². The molecule has 0 aliphatic heterocycles. The summed E-state index contributed by atoms with van der Waals surface area (Å²) >= 11 is 0. The summed E-state index contributed by atoms with van der Waals surface area (Å²) in [4.78, 5) is 6.65. The molecule has 0 fully saturated rings. The summed E-state index contributed by atoms with van der Waals surface area (Å²) < 4.78 is 61.8. The van der Waals surface area contributed by atoms with Crippen LogP contribution in [0.25, 0.3) is 0 Å². The Kier molecular flexibility index (Phi) is 3.68. The Bertz CT molecular complexity index is 448. The molecule has 0 bridgehead atoms. The number of alkyl halides is 3. The maximum atomic E-state index is 12.4. The van der Waals surface area contributed by atoms with Crippen molar-refractivity contribution in [2.75, 3.05) is 6.26 Å². The van der Waals surface area contributed by atoms with Crippen molar-refractivity contribution >= 4 is 9.84 Å². The summed E-state index contributed by atoms with van der Waals surface area (Å²) in [6.07, 6.45) is -3.61. The molecule has 9 heteroatoms. The molecule has 0 N–H and O–H groups in total. The number of aromatic nitrogens is 2. The molecule has 5 nitrogen and oxygen atoms in total. The molecular weight excluding hydrogens is 249 g/mol. The van der Waals surface area contributed by atoms with Crippen LogP contribution in [0.2, 0.25) is 0 Å². The number of nitrogens with zero attached hydrogens (tertiary/aromatic N) is 2. The molecule has 0 aliphatic carbocycles. The van der Waals surface area contributed by atoms with Crippen LogP contribution in [0.15, 0.2) is 17.6 Å². The van der Waals surface area contributed by atoms with Gasteiger partial charge in [-0.05, 0) is 0 Å². The van der Waals surface area contributed by atoms with E-state index >= 15 is 0 Å². The molecule has 1 unspecified atom stereocenters. The Balaban J connectivity index is 2.80. The van der Waals surface area contributed by atoms with Gasteiger partial charge in [0.05, 0.1) is 12.4 Å². The zero-order valence-corrected chi connectivity index (χ0v) is 8.79. The van der Waals surface area contributed by atoms with Crippen molar-refractivity contribution in [3.8, 4) is 5.75 Å². The van der Waals surface area contributed by atoms with Crippen LogP contribution in [-0.4, -0.2) is 37.4 Å². The Morgan fingerprint density at radius 2 is 1.75 bits per heavy atom. The van der Waals surface area contributed by atoms with E-state index in [0.717, 1.165) is 18.6 Å². The van der Waals surface area contributed by atoms with E-state index in [0.29, 0.717) is 0 Å². The molecule has 0 aromatic carbocycles. The van der Waals surface area contributed by atoms with Gasteiger partial charge in [-0.1, -0.05) is 0 Å². The molecule has 90 valence electrons. The maximum Gasteiger partial charge on any atom is 0.304 e. The van der Waals surface area contributed by atoms with Gasteiger partial charge in [0.15, 0.2) is 5.75 Å². The van der Waals surface area contributed by atoms with Gasteiger partial charge in [-0.3, -0.25) is 0 Å². The first-order valence-electron chi connectivity index (χ1n) is 3.91. The highest BCUT2D eigenvalue weighted by atomic mass is 32.2. The lowest BCUT2D eigenvalue weighted by Gasteiger charge is -2.09. The predicted octanol–water partition coefficient (Wildman–Crippen LogP) is 0.820. The number of ether oxygens (including phenoxy) is 1. The first-order chi connectivity index (χ1) is 7.30. The molecule has 1 aromatic rings. The molecule has 16 heavy (non-hydrogen) atoms. The number of sulfone groups is 1. The second-order valence-electron chi connectivity index (χ2n) is 2.78. The van der Waals surface area contributed by atoms with Crippen molar-refractivity contribution in [1.29, 1.82) is 0 Å². The van der Waals surface area contributed by atoms with E-state index in [1.807, 2.05) is 0 Å². The largest absolute Gasteiger partial charge is 0.451 e. The molecule has 0 saturated heterocycles. The van der Waals surface area contributed by atoms with Crippen LogP contribution in [0.1, 0.15) is 0 Å². The fourth-order valence-electron chi connectivity index (χ4n) is 0.738. The molecule has 1 heterocycles. The maximum absolute atomic E-state index is 12.4. The lowest BCUT2D eigenvalue weighted by Crippen LogP contribution is -2.19. The van der Waals surface area contributed by atoms with E-state index in [-0.39, 0.29) is 5.75 Å². The second-order valence-corrected chi connectivity index (χ2v) is 4.69. The standard InChI is InChI=1S/C7H7F3N2O3S/c1-16(13,14)7-11-2-4(3-12-7)15-6(10)5(8)9/h2-3,5-6H,1H3. The average Bonchev–Trinajstić information content (AvgIpc) is 2.17. The first kappa shape index (κ1) is 12.7. The molecular formula is C7H7F3N2O3S. The van der Waals surface area contributed by atoms with Crippen molar-refractivity contribution in [3.05, 3.63) is 12.4 Å². The fraction of sp³-hybridized carbons (Fsp3) is 0.429. The second kappa shape index (κ2) is 4.64. The number of hydrogen-bond donors (Lipinski definition) is 0. The summed E-state index contributed by atoms with van der Waals surface area (Å²) in [5.41, 5.74) is 0. The molecule has 0 spiro atoms. The minimum absolute atomic E-state index is 0.375. The average molecular weight is 256 g/mol. The zero-order valence-electron chi connectivity index (χ0n) is 7.97. The van der Waals surface area contributed by atoms with E-state index in [4.69, 9.17) is 0 Å². The van der Waals surface area contributed by atoms with Crippen LogP contribution < -0.4 is 4.74 Å². The van der Waals surface area contributed by atoms with Crippen molar-refractivity contribution in [2.45, 2.75) is 17.9 Å². The van der Waals surface area contributed by atoms with Gasteiger partial charge in [0.25, 0.3) is 6.36 Å². The molecule has 1 aromatic heterocycles. The third-order valence-electron chi connectivity index (χ3n) is 1.38. The Hall–Kier alpha value is -1.38. The van der Waals surface area contributed by atoms with Gasteiger partial charge in [0.1, 0.15) is 0 Å². The Labute approximate surface area is 89.2 Å². The summed E-state index contributed by atoms with van der Waals surface area (Å²) in [7, 11) is -3.58. The highest BCUT2D eigenvalue weighted by Crippen LogP contribution is 2.15. The summed E-state index contributed by atoms with van der Waals surface area (Å²) in [6, 6.07) is 0. The third kappa shape index (κ3) is 3.33. The van der Waals surface area contributed by atoms with Gasteiger partial charge in [-0.2, -0.15) is 4.39 Å². The van der Waals surface area contributed by atoms with E-state index in [9.17, 15) is 21.6 Å². The summed E-state index contributed by atoms with van der Waals surface area (Å²) in [5.74, 6) is -0.375. The van der Waals surface area contributed by atoms with Crippen LogP contribution in [0.4, 0.5) is 13.2 Å².